The quantitative estimate of drug-likeness (QED) is 0.556. The summed E-state index contributed by atoms with van der Waals surface area (Å²) in [5, 5.41) is 2.23. The van der Waals surface area contributed by atoms with Crippen molar-refractivity contribution in [3.63, 3.8) is 0 Å². The number of aryl methyl sites for hydroxylation is 1. The molecule has 1 aliphatic heterocycles. The van der Waals surface area contributed by atoms with Gasteiger partial charge in [-0.15, -0.1) is 0 Å². The number of rotatable bonds is 4. The van der Waals surface area contributed by atoms with Crippen molar-refractivity contribution in [1.29, 1.82) is 0 Å². The molecule has 1 heterocycles. The third-order valence-corrected chi connectivity index (χ3v) is 5.27. The molecule has 0 aromatic heterocycles. The lowest BCUT2D eigenvalue weighted by Gasteiger charge is -2.28. The van der Waals surface area contributed by atoms with E-state index in [0.29, 0.717) is 27.2 Å². The van der Waals surface area contributed by atoms with Crippen molar-refractivity contribution >= 4 is 45.5 Å². The van der Waals surface area contributed by atoms with Crippen LogP contribution in [-0.2, 0) is 9.59 Å². The second kappa shape index (κ2) is 8.08. The fraction of sp³-hybridized carbons (Fsp3) is 0.190. The number of urea groups is 1. The van der Waals surface area contributed by atoms with E-state index in [1.54, 1.807) is 24.3 Å². The molecule has 0 bridgehead atoms. The van der Waals surface area contributed by atoms with Gasteiger partial charge in [0.1, 0.15) is 5.57 Å². The number of halogens is 1. The van der Waals surface area contributed by atoms with E-state index < -0.39 is 17.8 Å². The number of benzene rings is 2. The zero-order chi connectivity index (χ0) is 21.3. The summed E-state index contributed by atoms with van der Waals surface area (Å²) in [5.41, 5.74) is 2.50. The Kier molecular flexibility index (Phi) is 5.74. The van der Waals surface area contributed by atoms with Crippen LogP contribution in [0, 0.1) is 13.8 Å². The monoisotopic (exact) mass is 458 g/mol. The van der Waals surface area contributed by atoms with Gasteiger partial charge in [0.05, 0.1) is 24.4 Å². The zero-order valence-electron chi connectivity index (χ0n) is 16.3. The predicted molar refractivity (Wildman–Crippen MR) is 112 cm³/mol. The van der Waals surface area contributed by atoms with Crippen LogP contribution < -0.4 is 19.7 Å². The first-order chi connectivity index (χ1) is 13.8. The number of anilines is 1. The summed E-state index contributed by atoms with van der Waals surface area (Å²) in [6.45, 7) is 3.70. The van der Waals surface area contributed by atoms with Crippen molar-refractivity contribution in [2.45, 2.75) is 13.8 Å². The van der Waals surface area contributed by atoms with E-state index in [2.05, 4.69) is 21.2 Å². The molecule has 0 aliphatic carbocycles. The van der Waals surface area contributed by atoms with Crippen LogP contribution in [0.3, 0.4) is 0 Å². The SMILES string of the molecule is COc1cc(/C=C2\C(=O)NC(=O)N(c3cccc(C)c3C)C2=O)cc(Br)c1OC. The number of hydrogen-bond donors (Lipinski definition) is 1. The number of carbonyl (C=O) groups excluding carboxylic acids is 3. The molecule has 8 heteroatoms. The first-order valence-corrected chi connectivity index (χ1v) is 9.47. The molecule has 2 aromatic carbocycles. The lowest BCUT2D eigenvalue weighted by Crippen LogP contribution is -2.54. The lowest BCUT2D eigenvalue weighted by atomic mass is 10.0. The van der Waals surface area contributed by atoms with Gasteiger partial charge in [-0.2, -0.15) is 0 Å². The molecule has 29 heavy (non-hydrogen) atoms. The van der Waals surface area contributed by atoms with Crippen LogP contribution in [0.2, 0.25) is 0 Å². The third kappa shape index (κ3) is 3.75. The number of amides is 4. The Labute approximate surface area is 176 Å². The Balaban J connectivity index is 2.09. The van der Waals surface area contributed by atoms with E-state index >= 15 is 0 Å². The van der Waals surface area contributed by atoms with E-state index in [1.807, 2.05) is 19.9 Å². The number of methoxy groups -OCH3 is 2. The first kappa shape index (κ1) is 20.6. The largest absolute Gasteiger partial charge is 0.493 e. The standard InChI is InChI=1S/C21H19BrN2O5/c1-11-6-5-7-16(12(11)2)24-20(26)14(19(25)23-21(24)27)8-13-9-15(22)18(29-4)17(10-13)28-3/h5-10H,1-4H3,(H,23,25,27)/b14-8+. The molecule has 0 spiro atoms. The molecule has 1 fully saturated rings. The second-order valence-electron chi connectivity index (χ2n) is 6.42. The summed E-state index contributed by atoms with van der Waals surface area (Å²) >= 11 is 3.39. The zero-order valence-corrected chi connectivity index (χ0v) is 17.9. The minimum Gasteiger partial charge on any atom is -0.493 e. The number of carbonyl (C=O) groups is 3. The summed E-state index contributed by atoms with van der Waals surface area (Å²) in [4.78, 5) is 38.9. The van der Waals surface area contributed by atoms with Gasteiger partial charge in [0.15, 0.2) is 11.5 Å². The Morgan fingerprint density at radius 3 is 2.45 bits per heavy atom. The van der Waals surface area contributed by atoms with Gasteiger partial charge in [-0.05, 0) is 70.7 Å². The molecule has 2 aromatic rings. The first-order valence-electron chi connectivity index (χ1n) is 8.67. The predicted octanol–water partition coefficient (Wildman–Crippen LogP) is 3.75. The minimum atomic E-state index is -0.778. The van der Waals surface area contributed by atoms with Gasteiger partial charge in [-0.25, -0.2) is 9.69 Å². The van der Waals surface area contributed by atoms with Crippen LogP contribution in [-0.4, -0.2) is 32.1 Å². The second-order valence-corrected chi connectivity index (χ2v) is 7.27. The Hall–Kier alpha value is -3.13. The molecule has 3 rings (SSSR count). The summed E-state index contributed by atoms with van der Waals surface area (Å²) in [6, 6.07) is 7.85. The molecule has 4 amide bonds. The molecule has 1 N–H and O–H groups in total. The van der Waals surface area contributed by atoms with Crippen molar-refractivity contribution in [3.05, 3.63) is 57.1 Å². The maximum absolute atomic E-state index is 13.1. The topological polar surface area (TPSA) is 84.9 Å². The normalized spacial score (nSPS) is 15.6. The minimum absolute atomic E-state index is 0.162. The van der Waals surface area contributed by atoms with Crippen LogP contribution in [0.25, 0.3) is 6.08 Å². The molecule has 150 valence electrons. The average Bonchev–Trinajstić information content (AvgIpc) is 2.67. The number of nitrogens with zero attached hydrogens (tertiary/aromatic N) is 1. The molecular formula is C21H19BrN2O5. The summed E-state index contributed by atoms with van der Waals surface area (Å²) in [6.07, 6.45) is 1.41. The van der Waals surface area contributed by atoms with Gasteiger partial charge in [-0.3, -0.25) is 14.9 Å². The van der Waals surface area contributed by atoms with Crippen LogP contribution in [0.15, 0.2) is 40.4 Å². The van der Waals surface area contributed by atoms with Gasteiger partial charge in [0.2, 0.25) is 0 Å². The van der Waals surface area contributed by atoms with E-state index in [4.69, 9.17) is 9.47 Å². The Morgan fingerprint density at radius 1 is 1.07 bits per heavy atom. The van der Waals surface area contributed by atoms with Crippen molar-refractivity contribution in [2.75, 3.05) is 19.1 Å². The highest BCUT2D eigenvalue weighted by Gasteiger charge is 2.37. The molecule has 0 saturated carbocycles. The molecule has 7 nitrogen and oxygen atoms in total. The maximum Gasteiger partial charge on any atom is 0.335 e. The summed E-state index contributed by atoms with van der Waals surface area (Å²) < 4.78 is 11.2. The molecule has 1 aliphatic rings. The van der Waals surface area contributed by atoms with Crippen molar-refractivity contribution in [1.82, 2.24) is 5.32 Å². The molecule has 0 radical (unpaired) electrons. The van der Waals surface area contributed by atoms with Crippen LogP contribution in [0.4, 0.5) is 10.5 Å². The van der Waals surface area contributed by atoms with Gasteiger partial charge in [-0.1, -0.05) is 12.1 Å². The number of nitrogens with one attached hydrogen (secondary N) is 1. The number of ether oxygens (including phenoxy) is 2. The number of imide groups is 2. The Bertz CT molecular complexity index is 1060. The lowest BCUT2D eigenvalue weighted by molar-refractivity contribution is -0.122. The van der Waals surface area contributed by atoms with Crippen molar-refractivity contribution in [3.8, 4) is 11.5 Å². The van der Waals surface area contributed by atoms with Crippen LogP contribution >= 0.6 is 15.9 Å². The molecule has 0 unspecified atom stereocenters. The highest BCUT2D eigenvalue weighted by atomic mass is 79.9. The average molecular weight is 459 g/mol. The fourth-order valence-electron chi connectivity index (χ4n) is 3.04. The van der Waals surface area contributed by atoms with E-state index in [9.17, 15) is 14.4 Å². The summed E-state index contributed by atoms with van der Waals surface area (Å²) in [7, 11) is 2.99. The van der Waals surface area contributed by atoms with Gasteiger partial charge < -0.3 is 9.47 Å². The highest BCUT2D eigenvalue weighted by molar-refractivity contribution is 9.10. The maximum atomic E-state index is 13.1. The van der Waals surface area contributed by atoms with Gasteiger partial charge in [0, 0.05) is 0 Å². The summed E-state index contributed by atoms with van der Waals surface area (Å²) in [5.74, 6) is -0.535. The smallest absolute Gasteiger partial charge is 0.335 e. The van der Waals surface area contributed by atoms with E-state index in [0.717, 1.165) is 16.0 Å². The van der Waals surface area contributed by atoms with E-state index in [1.165, 1.54) is 20.3 Å². The van der Waals surface area contributed by atoms with Gasteiger partial charge >= 0.3 is 6.03 Å². The molecule has 0 atom stereocenters. The Morgan fingerprint density at radius 2 is 1.79 bits per heavy atom. The fourth-order valence-corrected chi connectivity index (χ4v) is 3.66. The molecule has 1 saturated heterocycles. The third-order valence-electron chi connectivity index (χ3n) is 4.69. The van der Waals surface area contributed by atoms with Crippen molar-refractivity contribution in [2.24, 2.45) is 0 Å². The number of barbiturate groups is 1. The van der Waals surface area contributed by atoms with E-state index in [-0.39, 0.29) is 5.57 Å². The number of hydrogen-bond acceptors (Lipinski definition) is 5. The highest BCUT2D eigenvalue weighted by Crippen LogP contribution is 2.37. The van der Waals surface area contributed by atoms with Crippen LogP contribution in [0.1, 0.15) is 16.7 Å². The van der Waals surface area contributed by atoms with Crippen molar-refractivity contribution < 1.29 is 23.9 Å². The molecular weight excluding hydrogens is 440 g/mol. The van der Waals surface area contributed by atoms with Gasteiger partial charge in [0.25, 0.3) is 11.8 Å². The van der Waals surface area contributed by atoms with Crippen LogP contribution in [0.5, 0.6) is 11.5 Å².